The van der Waals surface area contributed by atoms with Crippen LogP contribution in [-0.2, 0) is 0 Å². The largest absolute Gasteiger partial charge is 0.506 e. The number of hydrogen-bond donors (Lipinski definition) is 1. The molecule has 0 spiro atoms. The highest BCUT2D eigenvalue weighted by molar-refractivity contribution is 6.17. The van der Waals surface area contributed by atoms with Crippen LogP contribution >= 0.6 is 0 Å². The number of para-hydroxylation sites is 4. The summed E-state index contributed by atoms with van der Waals surface area (Å²) < 4.78 is 0. The number of phenols is 1. The van der Waals surface area contributed by atoms with E-state index in [1.807, 2.05) is 103 Å². The van der Waals surface area contributed by atoms with E-state index < -0.39 is 0 Å². The zero-order valence-electron chi connectivity index (χ0n) is 23.8. The predicted octanol–water partition coefficient (Wildman–Crippen LogP) is 9.97. The molecule has 0 aliphatic rings. The molecule has 0 atom stereocenters. The molecular weight excluding hydrogens is 556 g/mol. The number of hydrogen-bond acceptors (Lipinski definition) is 7. The molecule has 0 radical (unpaired) electrons. The molecule has 1 N–H and O–H groups in total. The van der Waals surface area contributed by atoms with Crippen LogP contribution in [0.5, 0.6) is 5.75 Å². The molecule has 0 saturated carbocycles. The average molecular weight is 579 g/mol. The molecule has 2 heterocycles. The van der Waals surface area contributed by atoms with Crippen LogP contribution in [0.4, 0.5) is 11.4 Å². The lowest BCUT2D eigenvalue weighted by Gasteiger charge is -2.13. The van der Waals surface area contributed by atoms with E-state index >= 15 is 0 Å². The first-order valence-electron chi connectivity index (χ1n) is 14.6. The summed E-state index contributed by atoms with van der Waals surface area (Å²) in [6.07, 6.45) is 0. The van der Waals surface area contributed by atoms with Gasteiger partial charge in [0.25, 0.3) is 0 Å². The number of fused-ring (bicyclic) bond motifs is 8. The van der Waals surface area contributed by atoms with Crippen molar-refractivity contribution in [3.8, 4) is 16.9 Å². The summed E-state index contributed by atoms with van der Waals surface area (Å²) in [4.78, 5) is 19.9. The molecule has 0 aliphatic heterocycles. The summed E-state index contributed by atoms with van der Waals surface area (Å²) in [5.41, 5.74) is 9.03. The fourth-order valence-corrected chi connectivity index (χ4v) is 6.11. The van der Waals surface area contributed by atoms with Crippen molar-refractivity contribution in [3.05, 3.63) is 127 Å². The van der Waals surface area contributed by atoms with Crippen LogP contribution in [0.3, 0.4) is 0 Å². The van der Waals surface area contributed by atoms with E-state index in [0.717, 1.165) is 65.9 Å². The number of azo groups is 1. The maximum Gasteiger partial charge on any atom is 0.143 e. The van der Waals surface area contributed by atoms with Crippen LogP contribution in [-0.4, -0.2) is 25.0 Å². The number of nitrogens with zero attached hydrogens (tertiary/aromatic N) is 6. The molecule has 0 fully saturated rings. The zero-order valence-corrected chi connectivity index (χ0v) is 23.8. The molecule has 210 valence electrons. The minimum absolute atomic E-state index is 0.00542. The fourth-order valence-electron chi connectivity index (χ4n) is 6.11. The first kappa shape index (κ1) is 25.2. The highest BCUT2D eigenvalue weighted by Crippen LogP contribution is 2.43. The number of benzene rings is 7. The van der Waals surface area contributed by atoms with Crippen LogP contribution in [0.15, 0.2) is 138 Å². The van der Waals surface area contributed by atoms with Crippen molar-refractivity contribution < 1.29 is 5.11 Å². The second kappa shape index (κ2) is 9.86. The Labute approximate surface area is 256 Å². The van der Waals surface area contributed by atoms with Gasteiger partial charge < -0.3 is 5.11 Å². The zero-order chi connectivity index (χ0) is 29.9. The number of aromatic hydroxyl groups is 1. The van der Waals surface area contributed by atoms with Crippen molar-refractivity contribution in [2.24, 2.45) is 10.2 Å². The Morgan fingerprint density at radius 1 is 0.444 bits per heavy atom. The highest BCUT2D eigenvalue weighted by Gasteiger charge is 2.18. The van der Waals surface area contributed by atoms with Crippen LogP contribution in [0.2, 0.25) is 0 Å². The van der Waals surface area contributed by atoms with E-state index in [1.165, 1.54) is 0 Å². The number of rotatable bonds is 3. The molecule has 0 unspecified atom stereocenters. The highest BCUT2D eigenvalue weighted by atomic mass is 16.3. The average Bonchev–Trinajstić information content (AvgIpc) is 3.09. The maximum absolute atomic E-state index is 11.2. The van der Waals surface area contributed by atoms with Crippen molar-refractivity contribution in [2.75, 3.05) is 0 Å². The lowest BCUT2D eigenvalue weighted by molar-refractivity contribution is 0.477. The Hall–Kier alpha value is -6.34. The van der Waals surface area contributed by atoms with E-state index in [4.69, 9.17) is 30.2 Å². The molecule has 9 aromatic rings. The Morgan fingerprint density at radius 3 is 1.84 bits per heavy atom. The number of phenolic OH excluding ortho intramolecular Hbond substituents is 1. The van der Waals surface area contributed by atoms with Crippen molar-refractivity contribution in [1.29, 1.82) is 0 Å². The van der Waals surface area contributed by atoms with Crippen LogP contribution in [0, 0.1) is 0 Å². The topological polar surface area (TPSA) is 96.5 Å². The number of aromatic nitrogens is 4. The molecule has 9 rings (SSSR count). The molecule has 7 nitrogen and oxygen atoms in total. The lowest BCUT2D eigenvalue weighted by atomic mass is 9.97. The van der Waals surface area contributed by atoms with Gasteiger partial charge in [-0.2, -0.15) is 0 Å². The SMILES string of the molecule is Oc1ccc2cc(-c3ccccc3)c3nc4ccccc4nc3c2c1N=Nc1cccc2ccc3nc4ccccc4nc3c12. The van der Waals surface area contributed by atoms with Crippen molar-refractivity contribution >= 4 is 77.1 Å². The molecular formula is C38H22N6O. The lowest BCUT2D eigenvalue weighted by Crippen LogP contribution is -1.93. The van der Waals surface area contributed by atoms with Crippen molar-refractivity contribution in [2.45, 2.75) is 0 Å². The molecule has 7 aromatic carbocycles. The molecule has 0 bridgehead atoms. The smallest absolute Gasteiger partial charge is 0.143 e. The molecule has 2 aromatic heterocycles. The van der Waals surface area contributed by atoms with Gasteiger partial charge in [0.2, 0.25) is 0 Å². The molecule has 0 amide bonds. The second-order valence-corrected chi connectivity index (χ2v) is 11.0. The third kappa shape index (κ3) is 4.06. The van der Waals surface area contributed by atoms with E-state index in [1.54, 1.807) is 6.07 Å². The van der Waals surface area contributed by atoms with E-state index in [-0.39, 0.29) is 5.75 Å². The van der Waals surface area contributed by atoms with Crippen LogP contribution in [0.25, 0.3) is 76.8 Å². The van der Waals surface area contributed by atoms with E-state index in [0.29, 0.717) is 22.3 Å². The molecule has 0 saturated heterocycles. The van der Waals surface area contributed by atoms with Crippen LogP contribution < -0.4 is 0 Å². The first-order valence-corrected chi connectivity index (χ1v) is 14.6. The minimum Gasteiger partial charge on any atom is -0.506 e. The van der Waals surface area contributed by atoms with E-state index in [2.05, 4.69) is 18.2 Å². The summed E-state index contributed by atoms with van der Waals surface area (Å²) in [6.45, 7) is 0. The Balaban J connectivity index is 1.32. The van der Waals surface area contributed by atoms with Gasteiger partial charge in [-0.05, 0) is 64.9 Å². The van der Waals surface area contributed by atoms with Gasteiger partial charge in [0.15, 0.2) is 0 Å². The Kier molecular flexibility index (Phi) is 5.52. The Bertz CT molecular complexity index is 2670. The maximum atomic E-state index is 11.2. The monoisotopic (exact) mass is 578 g/mol. The van der Waals surface area contributed by atoms with Crippen molar-refractivity contribution in [3.63, 3.8) is 0 Å². The molecule has 7 heteroatoms. The van der Waals surface area contributed by atoms with Gasteiger partial charge in [0.1, 0.15) is 17.0 Å². The summed E-state index contributed by atoms with van der Waals surface area (Å²) in [6, 6.07) is 41.3. The summed E-state index contributed by atoms with van der Waals surface area (Å²) in [5, 5.41) is 24.1. The van der Waals surface area contributed by atoms with Crippen molar-refractivity contribution in [1.82, 2.24) is 19.9 Å². The minimum atomic E-state index is 0.00542. The normalized spacial score (nSPS) is 12.0. The Morgan fingerprint density at radius 2 is 1.09 bits per heavy atom. The van der Waals surface area contributed by atoms with Gasteiger partial charge in [-0.25, -0.2) is 19.9 Å². The third-order valence-electron chi connectivity index (χ3n) is 8.22. The van der Waals surface area contributed by atoms with Gasteiger partial charge in [-0.3, -0.25) is 0 Å². The van der Waals surface area contributed by atoms with E-state index in [9.17, 15) is 5.11 Å². The summed E-state index contributed by atoms with van der Waals surface area (Å²) in [5.74, 6) is 0.00542. The summed E-state index contributed by atoms with van der Waals surface area (Å²) >= 11 is 0. The molecule has 45 heavy (non-hydrogen) atoms. The second-order valence-electron chi connectivity index (χ2n) is 11.0. The van der Waals surface area contributed by atoms with Gasteiger partial charge in [0, 0.05) is 16.3 Å². The quantitative estimate of drug-likeness (QED) is 0.128. The van der Waals surface area contributed by atoms with Gasteiger partial charge >= 0.3 is 0 Å². The fraction of sp³-hybridized carbons (Fsp3) is 0. The standard InChI is InChI=1S/C38H22N6O/c45-32-20-18-24-21-25(22-9-2-1-3-10-22)35-38(42-29-15-7-6-14-28(29)40-35)34(24)37(32)44-43-30-16-8-11-23-17-19-31-36(33(23)30)41-27-13-5-4-12-26(27)39-31/h1-21,45H. The summed E-state index contributed by atoms with van der Waals surface area (Å²) in [7, 11) is 0. The van der Waals surface area contributed by atoms with Crippen LogP contribution in [0.1, 0.15) is 0 Å². The van der Waals surface area contributed by atoms with Gasteiger partial charge in [-0.15, -0.1) is 10.2 Å². The predicted molar refractivity (Wildman–Crippen MR) is 180 cm³/mol. The molecule has 0 aliphatic carbocycles. The van der Waals surface area contributed by atoms with Gasteiger partial charge in [-0.1, -0.05) is 78.9 Å². The first-order chi connectivity index (χ1) is 22.2. The van der Waals surface area contributed by atoms with Gasteiger partial charge in [0.05, 0.1) is 44.3 Å². The third-order valence-corrected chi connectivity index (χ3v) is 8.22.